The molecular formula is C19H22N2. The third kappa shape index (κ3) is 3.17. The first kappa shape index (κ1) is 13.9. The average Bonchev–Trinajstić information content (AvgIpc) is 2.81. The van der Waals surface area contributed by atoms with Crippen LogP contribution in [0.1, 0.15) is 22.4 Å². The number of rotatable bonds is 5. The lowest BCUT2D eigenvalue weighted by atomic mass is 10.1. The molecule has 0 amide bonds. The molecule has 0 aliphatic heterocycles. The molecule has 108 valence electrons. The zero-order valence-electron chi connectivity index (χ0n) is 12.7. The summed E-state index contributed by atoms with van der Waals surface area (Å²) in [6.07, 6.45) is 1.06. The van der Waals surface area contributed by atoms with E-state index in [2.05, 4.69) is 72.7 Å². The Morgan fingerprint density at radius 1 is 0.952 bits per heavy atom. The number of hydrogen-bond donors (Lipinski definition) is 2. The predicted molar refractivity (Wildman–Crippen MR) is 89.6 cm³/mol. The van der Waals surface area contributed by atoms with Gasteiger partial charge in [0.15, 0.2) is 0 Å². The SMILES string of the molecule is Cc1ccc(CNCCc2c(C)[nH]c3ccccc23)cc1. The number of hydrogen-bond acceptors (Lipinski definition) is 1. The van der Waals surface area contributed by atoms with Crippen molar-refractivity contribution in [2.75, 3.05) is 6.54 Å². The highest BCUT2D eigenvalue weighted by atomic mass is 14.8. The van der Waals surface area contributed by atoms with Crippen LogP contribution in [0.5, 0.6) is 0 Å². The fraction of sp³-hybridized carbons (Fsp3) is 0.263. The van der Waals surface area contributed by atoms with Crippen LogP contribution in [0.15, 0.2) is 48.5 Å². The van der Waals surface area contributed by atoms with Crippen LogP contribution in [0.4, 0.5) is 0 Å². The van der Waals surface area contributed by atoms with E-state index in [1.54, 1.807) is 0 Å². The van der Waals surface area contributed by atoms with Crippen molar-refractivity contribution in [3.05, 3.63) is 70.9 Å². The zero-order chi connectivity index (χ0) is 14.7. The highest BCUT2D eigenvalue weighted by molar-refractivity contribution is 5.84. The summed E-state index contributed by atoms with van der Waals surface area (Å²) in [6, 6.07) is 17.3. The fourth-order valence-electron chi connectivity index (χ4n) is 2.81. The van der Waals surface area contributed by atoms with Crippen molar-refractivity contribution >= 4 is 10.9 Å². The van der Waals surface area contributed by atoms with Crippen LogP contribution in [0.2, 0.25) is 0 Å². The van der Waals surface area contributed by atoms with Gasteiger partial charge in [-0.2, -0.15) is 0 Å². The van der Waals surface area contributed by atoms with Gasteiger partial charge in [-0.1, -0.05) is 48.0 Å². The summed E-state index contributed by atoms with van der Waals surface area (Å²) in [5, 5.41) is 4.89. The minimum Gasteiger partial charge on any atom is -0.358 e. The van der Waals surface area contributed by atoms with Crippen LogP contribution in [0.25, 0.3) is 10.9 Å². The van der Waals surface area contributed by atoms with Gasteiger partial charge in [-0.15, -0.1) is 0 Å². The lowest BCUT2D eigenvalue weighted by Crippen LogP contribution is -2.16. The Balaban J connectivity index is 1.59. The number of aryl methyl sites for hydroxylation is 2. The summed E-state index contributed by atoms with van der Waals surface area (Å²) in [6.45, 7) is 6.21. The van der Waals surface area contributed by atoms with Crippen molar-refractivity contribution in [3.63, 3.8) is 0 Å². The van der Waals surface area contributed by atoms with Gasteiger partial charge in [0, 0.05) is 23.1 Å². The van der Waals surface area contributed by atoms with Crippen LogP contribution in [-0.2, 0) is 13.0 Å². The fourth-order valence-corrected chi connectivity index (χ4v) is 2.81. The second-order valence-electron chi connectivity index (χ2n) is 5.69. The van der Waals surface area contributed by atoms with E-state index in [1.165, 1.54) is 33.3 Å². The highest BCUT2D eigenvalue weighted by Crippen LogP contribution is 2.21. The van der Waals surface area contributed by atoms with E-state index in [0.29, 0.717) is 0 Å². The Morgan fingerprint density at radius 2 is 1.71 bits per heavy atom. The van der Waals surface area contributed by atoms with Crippen LogP contribution in [0.3, 0.4) is 0 Å². The second kappa shape index (κ2) is 6.15. The lowest BCUT2D eigenvalue weighted by molar-refractivity contribution is 0.687. The normalized spacial score (nSPS) is 11.1. The summed E-state index contributed by atoms with van der Waals surface area (Å²) in [5.74, 6) is 0. The first-order chi connectivity index (χ1) is 10.2. The van der Waals surface area contributed by atoms with Crippen LogP contribution >= 0.6 is 0 Å². The maximum absolute atomic E-state index is 3.54. The molecule has 1 aromatic heterocycles. The topological polar surface area (TPSA) is 27.8 Å². The Hall–Kier alpha value is -2.06. The van der Waals surface area contributed by atoms with E-state index in [9.17, 15) is 0 Å². The van der Waals surface area contributed by atoms with Crippen molar-refractivity contribution in [1.82, 2.24) is 10.3 Å². The minimum atomic E-state index is 0.932. The summed E-state index contributed by atoms with van der Waals surface area (Å²) < 4.78 is 0. The molecular weight excluding hydrogens is 256 g/mol. The molecule has 2 N–H and O–H groups in total. The first-order valence-electron chi connectivity index (χ1n) is 7.56. The number of para-hydroxylation sites is 1. The van der Waals surface area contributed by atoms with Crippen LogP contribution in [0, 0.1) is 13.8 Å². The molecule has 0 saturated heterocycles. The van der Waals surface area contributed by atoms with Gasteiger partial charge in [0.25, 0.3) is 0 Å². The van der Waals surface area contributed by atoms with Crippen molar-refractivity contribution in [1.29, 1.82) is 0 Å². The number of aromatic nitrogens is 1. The van der Waals surface area contributed by atoms with Gasteiger partial charge in [0.2, 0.25) is 0 Å². The van der Waals surface area contributed by atoms with Gasteiger partial charge < -0.3 is 10.3 Å². The number of H-pyrrole nitrogens is 1. The van der Waals surface area contributed by atoms with Crippen LogP contribution < -0.4 is 5.32 Å². The molecule has 0 unspecified atom stereocenters. The molecule has 0 atom stereocenters. The van der Waals surface area contributed by atoms with E-state index in [0.717, 1.165) is 19.5 Å². The predicted octanol–water partition coefficient (Wildman–Crippen LogP) is 4.12. The zero-order valence-corrected chi connectivity index (χ0v) is 12.7. The van der Waals surface area contributed by atoms with E-state index >= 15 is 0 Å². The molecule has 0 bridgehead atoms. The largest absolute Gasteiger partial charge is 0.358 e. The summed E-state index contributed by atoms with van der Waals surface area (Å²) in [4.78, 5) is 3.46. The molecule has 3 aromatic rings. The molecule has 0 fully saturated rings. The van der Waals surface area contributed by atoms with Crippen molar-refractivity contribution in [2.24, 2.45) is 0 Å². The number of fused-ring (bicyclic) bond motifs is 1. The number of nitrogens with one attached hydrogen (secondary N) is 2. The monoisotopic (exact) mass is 278 g/mol. The van der Waals surface area contributed by atoms with Gasteiger partial charge in [-0.25, -0.2) is 0 Å². The Bertz CT molecular complexity index is 723. The molecule has 1 heterocycles. The van der Waals surface area contributed by atoms with Crippen LogP contribution in [-0.4, -0.2) is 11.5 Å². The lowest BCUT2D eigenvalue weighted by Gasteiger charge is -2.06. The molecule has 2 aromatic carbocycles. The molecule has 2 nitrogen and oxygen atoms in total. The molecule has 0 radical (unpaired) electrons. The molecule has 0 aliphatic rings. The van der Waals surface area contributed by atoms with E-state index in [1.807, 2.05) is 0 Å². The second-order valence-corrected chi connectivity index (χ2v) is 5.69. The van der Waals surface area contributed by atoms with Gasteiger partial charge >= 0.3 is 0 Å². The Labute approximate surface area is 126 Å². The third-order valence-corrected chi connectivity index (χ3v) is 4.03. The number of aromatic amines is 1. The minimum absolute atomic E-state index is 0.932. The molecule has 2 heteroatoms. The van der Waals surface area contributed by atoms with E-state index in [-0.39, 0.29) is 0 Å². The Kier molecular flexibility index (Phi) is 4.07. The van der Waals surface area contributed by atoms with Gasteiger partial charge in [-0.05, 0) is 44.0 Å². The van der Waals surface area contributed by atoms with Crippen molar-refractivity contribution in [3.8, 4) is 0 Å². The molecule has 0 saturated carbocycles. The quantitative estimate of drug-likeness (QED) is 0.675. The maximum atomic E-state index is 3.54. The summed E-state index contributed by atoms with van der Waals surface area (Å²) in [5.41, 5.74) is 6.61. The van der Waals surface area contributed by atoms with Crippen molar-refractivity contribution < 1.29 is 0 Å². The van der Waals surface area contributed by atoms with Gasteiger partial charge in [-0.3, -0.25) is 0 Å². The molecule has 3 rings (SSSR count). The number of benzene rings is 2. The van der Waals surface area contributed by atoms with Crippen molar-refractivity contribution in [2.45, 2.75) is 26.8 Å². The Morgan fingerprint density at radius 3 is 2.52 bits per heavy atom. The summed E-state index contributed by atoms with van der Waals surface area (Å²) in [7, 11) is 0. The van der Waals surface area contributed by atoms with Gasteiger partial charge in [0.1, 0.15) is 0 Å². The molecule has 0 aliphatic carbocycles. The first-order valence-corrected chi connectivity index (χ1v) is 7.56. The standard InChI is InChI=1S/C19H22N2/c1-14-7-9-16(10-8-14)13-20-12-11-17-15(2)21-19-6-4-3-5-18(17)19/h3-10,20-21H,11-13H2,1-2H3. The van der Waals surface area contributed by atoms with Gasteiger partial charge in [0.05, 0.1) is 0 Å². The molecule has 0 spiro atoms. The summed E-state index contributed by atoms with van der Waals surface area (Å²) >= 11 is 0. The highest BCUT2D eigenvalue weighted by Gasteiger charge is 2.06. The average molecular weight is 278 g/mol. The smallest absolute Gasteiger partial charge is 0.0458 e. The third-order valence-electron chi connectivity index (χ3n) is 4.03. The van der Waals surface area contributed by atoms with E-state index in [4.69, 9.17) is 0 Å². The maximum Gasteiger partial charge on any atom is 0.0458 e. The molecule has 21 heavy (non-hydrogen) atoms. The van der Waals surface area contributed by atoms with E-state index < -0.39 is 0 Å².